The summed E-state index contributed by atoms with van der Waals surface area (Å²) in [6.07, 6.45) is 4.20. The number of aliphatic hydroxyl groups excluding tert-OH is 1. The van der Waals surface area contributed by atoms with Gasteiger partial charge in [0.25, 0.3) is 0 Å². The highest BCUT2D eigenvalue weighted by atomic mass is 32.2. The molecule has 2 aromatic carbocycles. The average Bonchev–Trinajstić information content (AvgIpc) is 3.37. The van der Waals surface area contributed by atoms with Crippen LogP contribution in [0.5, 0.6) is 0 Å². The minimum absolute atomic E-state index is 0.00583. The fourth-order valence-electron chi connectivity index (χ4n) is 4.32. The van der Waals surface area contributed by atoms with Gasteiger partial charge in [0.2, 0.25) is 10.0 Å². The van der Waals surface area contributed by atoms with E-state index >= 15 is 0 Å². The molecule has 1 fully saturated rings. The molecule has 0 amide bonds. The molecule has 2 N–H and O–H groups in total. The summed E-state index contributed by atoms with van der Waals surface area (Å²) in [6, 6.07) is 9.75. The van der Waals surface area contributed by atoms with Crippen LogP contribution in [0.25, 0.3) is 22.3 Å². The first-order chi connectivity index (χ1) is 16.4. The molecule has 10 heteroatoms. The van der Waals surface area contributed by atoms with E-state index in [9.17, 15) is 17.9 Å². The van der Waals surface area contributed by atoms with Crippen molar-refractivity contribution in [2.75, 3.05) is 30.4 Å². The molecular formula is C24H26FN3O5S. The van der Waals surface area contributed by atoms with E-state index < -0.39 is 10.0 Å². The largest absolute Gasteiger partial charge is 0.455 e. The van der Waals surface area contributed by atoms with Gasteiger partial charge in [-0.2, -0.15) is 0 Å². The molecule has 180 valence electrons. The highest BCUT2D eigenvalue weighted by Crippen LogP contribution is 2.48. The summed E-state index contributed by atoms with van der Waals surface area (Å²) in [5.41, 5.74) is 3.40. The summed E-state index contributed by atoms with van der Waals surface area (Å²) in [7, 11) is -3.56. The van der Waals surface area contributed by atoms with E-state index in [1.54, 1.807) is 18.2 Å². The zero-order chi connectivity index (χ0) is 23.9. The number of aliphatic hydroxyl groups is 1. The van der Waals surface area contributed by atoms with Crippen LogP contribution >= 0.6 is 0 Å². The van der Waals surface area contributed by atoms with E-state index in [-0.39, 0.29) is 31.6 Å². The quantitative estimate of drug-likeness (QED) is 0.444. The number of halogens is 1. The highest BCUT2D eigenvalue weighted by Gasteiger charge is 2.33. The first-order valence-corrected chi connectivity index (χ1v) is 13.1. The molecule has 5 rings (SSSR count). The van der Waals surface area contributed by atoms with Crippen molar-refractivity contribution in [1.29, 1.82) is 0 Å². The summed E-state index contributed by atoms with van der Waals surface area (Å²) in [4.78, 5) is 5.16. The Hall–Kier alpha value is -3.11. The van der Waals surface area contributed by atoms with Crippen LogP contribution in [0, 0.1) is 5.82 Å². The van der Waals surface area contributed by atoms with E-state index in [1.165, 1.54) is 22.7 Å². The number of benzene rings is 2. The summed E-state index contributed by atoms with van der Waals surface area (Å²) in [5.74, 6) is 0.909. The summed E-state index contributed by atoms with van der Waals surface area (Å²) >= 11 is 0. The van der Waals surface area contributed by atoms with Gasteiger partial charge in [0, 0.05) is 30.2 Å². The van der Waals surface area contributed by atoms with Gasteiger partial charge in [-0.1, -0.05) is 5.16 Å². The number of oxime groups is 1. The number of nitrogens with one attached hydrogen (secondary N) is 1. The number of unbranched alkanes of at least 4 members (excludes halogenated alkanes) is 1. The Morgan fingerprint density at radius 3 is 2.59 bits per heavy atom. The van der Waals surface area contributed by atoms with Crippen LogP contribution in [0.2, 0.25) is 0 Å². The second-order valence-electron chi connectivity index (χ2n) is 8.65. The Bertz CT molecular complexity index is 1350. The zero-order valence-electron chi connectivity index (χ0n) is 18.8. The van der Waals surface area contributed by atoms with Gasteiger partial charge in [-0.05, 0) is 67.5 Å². The van der Waals surface area contributed by atoms with Crippen LogP contribution < -0.4 is 9.62 Å². The highest BCUT2D eigenvalue weighted by molar-refractivity contribution is 7.92. The number of rotatable bonds is 9. The van der Waals surface area contributed by atoms with Gasteiger partial charge in [-0.3, -0.25) is 4.31 Å². The molecular weight excluding hydrogens is 461 g/mol. The van der Waals surface area contributed by atoms with E-state index in [2.05, 4.69) is 10.5 Å². The topological polar surface area (TPSA) is 104 Å². The maximum Gasteiger partial charge on any atom is 0.232 e. The van der Waals surface area contributed by atoms with Crippen LogP contribution in [0.15, 0.2) is 46.0 Å². The third-order valence-corrected chi connectivity index (χ3v) is 7.28. The zero-order valence-corrected chi connectivity index (χ0v) is 19.6. The van der Waals surface area contributed by atoms with Crippen molar-refractivity contribution in [1.82, 2.24) is 5.32 Å². The fourth-order valence-corrected chi connectivity index (χ4v) is 5.30. The second kappa shape index (κ2) is 8.92. The van der Waals surface area contributed by atoms with Gasteiger partial charge in [0.1, 0.15) is 17.2 Å². The number of furan rings is 1. The Kier molecular flexibility index (Phi) is 5.95. The first-order valence-electron chi connectivity index (χ1n) is 11.3. The van der Waals surface area contributed by atoms with Crippen LogP contribution in [0.4, 0.5) is 10.1 Å². The smallest absolute Gasteiger partial charge is 0.232 e. The Morgan fingerprint density at radius 1 is 1.21 bits per heavy atom. The Balaban J connectivity index is 1.71. The SMILES string of the molecule is CS(=O)(=O)N(CCCCO)c1cc2oc(-c3ccc(F)cc3)c(C3=NOCN3)c2cc1C1CC1. The number of hydrogen-bond acceptors (Lipinski definition) is 7. The normalized spacial score (nSPS) is 15.8. The van der Waals surface area contributed by atoms with Crippen molar-refractivity contribution in [3.8, 4) is 11.3 Å². The molecule has 34 heavy (non-hydrogen) atoms. The molecule has 1 aliphatic carbocycles. The molecule has 0 spiro atoms. The van der Waals surface area contributed by atoms with E-state index in [0.29, 0.717) is 46.8 Å². The maximum atomic E-state index is 13.6. The summed E-state index contributed by atoms with van der Waals surface area (Å²) in [5, 5.41) is 17.2. The van der Waals surface area contributed by atoms with Crippen LogP contribution in [-0.4, -0.2) is 45.5 Å². The summed E-state index contributed by atoms with van der Waals surface area (Å²) < 4.78 is 46.7. The molecule has 0 bridgehead atoms. The molecule has 1 aromatic heterocycles. The van der Waals surface area contributed by atoms with Crippen LogP contribution in [0.1, 0.15) is 42.7 Å². The number of hydrogen-bond donors (Lipinski definition) is 2. The standard InChI is InChI=1S/C24H26FN3O5S/c1-34(30,31)28(10-2-3-11-29)20-13-21-19(12-18(20)15-4-5-15)22(24-26-14-32-27-24)23(33-21)16-6-8-17(25)9-7-16/h6-9,12-13,15,29H,2-5,10-11,14H2,1H3,(H,26,27). The predicted molar refractivity (Wildman–Crippen MR) is 128 cm³/mol. The number of anilines is 1. The van der Waals surface area contributed by atoms with Gasteiger partial charge < -0.3 is 19.7 Å². The fraction of sp³-hybridized carbons (Fsp3) is 0.375. The van der Waals surface area contributed by atoms with E-state index in [1.807, 2.05) is 6.07 Å². The lowest BCUT2D eigenvalue weighted by molar-refractivity contribution is 0.164. The molecule has 2 aliphatic rings. The van der Waals surface area contributed by atoms with E-state index in [0.717, 1.165) is 23.8 Å². The van der Waals surface area contributed by atoms with Crippen molar-refractivity contribution in [3.63, 3.8) is 0 Å². The number of sulfonamides is 1. The first kappa shape index (κ1) is 22.7. The van der Waals surface area contributed by atoms with E-state index in [4.69, 9.17) is 9.25 Å². The molecule has 3 aromatic rings. The lowest BCUT2D eigenvalue weighted by Crippen LogP contribution is -2.31. The minimum Gasteiger partial charge on any atom is -0.455 e. The third kappa shape index (κ3) is 4.35. The number of amidine groups is 1. The van der Waals surface area contributed by atoms with Crippen LogP contribution in [0.3, 0.4) is 0 Å². The molecule has 0 saturated heterocycles. The predicted octanol–water partition coefficient (Wildman–Crippen LogP) is 3.89. The molecule has 0 radical (unpaired) electrons. The Labute approximate surface area is 197 Å². The molecule has 8 nitrogen and oxygen atoms in total. The average molecular weight is 488 g/mol. The maximum absolute atomic E-state index is 13.6. The number of fused-ring (bicyclic) bond motifs is 1. The monoisotopic (exact) mass is 487 g/mol. The van der Waals surface area contributed by atoms with Gasteiger partial charge in [-0.25, -0.2) is 12.8 Å². The third-order valence-electron chi connectivity index (χ3n) is 6.10. The Morgan fingerprint density at radius 2 is 1.97 bits per heavy atom. The minimum atomic E-state index is -3.56. The number of nitrogens with zero attached hydrogens (tertiary/aromatic N) is 2. The van der Waals surface area contributed by atoms with Crippen molar-refractivity contribution in [3.05, 3.63) is 53.3 Å². The molecule has 1 saturated carbocycles. The van der Waals surface area contributed by atoms with Gasteiger partial charge >= 0.3 is 0 Å². The lowest BCUT2D eigenvalue weighted by Gasteiger charge is -2.25. The molecule has 0 atom stereocenters. The van der Waals surface area contributed by atoms with Crippen molar-refractivity contribution in [2.45, 2.75) is 31.6 Å². The van der Waals surface area contributed by atoms with Gasteiger partial charge in [-0.15, -0.1) is 0 Å². The van der Waals surface area contributed by atoms with Crippen LogP contribution in [-0.2, 0) is 14.9 Å². The van der Waals surface area contributed by atoms with Crippen molar-refractivity contribution < 1.29 is 27.2 Å². The lowest BCUT2D eigenvalue weighted by atomic mass is 10.00. The summed E-state index contributed by atoms with van der Waals surface area (Å²) in [6.45, 7) is 0.502. The molecule has 0 unspecified atom stereocenters. The van der Waals surface area contributed by atoms with Gasteiger partial charge in [0.05, 0.1) is 17.5 Å². The van der Waals surface area contributed by atoms with Crippen molar-refractivity contribution in [2.24, 2.45) is 5.16 Å². The van der Waals surface area contributed by atoms with Crippen molar-refractivity contribution >= 4 is 32.5 Å². The van der Waals surface area contributed by atoms with Gasteiger partial charge in [0.15, 0.2) is 12.6 Å². The molecule has 1 aliphatic heterocycles. The second-order valence-corrected chi connectivity index (χ2v) is 10.6. The molecule has 2 heterocycles.